The van der Waals surface area contributed by atoms with Crippen molar-refractivity contribution in [2.45, 2.75) is 32.7 Å². The predicted octanol–water partition coefficient (Wildman–Crippen LogP) is 3.84. The Balaban J connectivity index is 2.03. The normalized spacial score (nSPS) is 12.2. The third-order valence-electron chi connectivity index (χ3n) is 4.48. The van der Waals surface area contributed by atoms with Gasteiger partial charge in [-0.05, 0) is 55.8 Å². The maximum Gasteiger partial charge on any atom is 0.251 e. The van der Waals surface area contributed by atoms with Crippen molar-refractivity contribution in [3.63, 3.8) is 0 Å². The number of rotatable bonds is 7. The third-order valence-corrected chi connectivity index (χ3v) is 4.48. The molecule has 0 spiro atoms. The summed E-state index contributed by atoms with van der Waals surface area (Å²) in [5.41, 5.74) is 4.51. The first kappa shape index (κ1) is 18.2. The minimum Gasteiger partial charge on any atom is -0.350 e. The van der Waals surface area contributed by atoms with E-state index in [1.807, 2.05) is 38.4 Å². The van der Waals surface area contributed by atoms with Crippen LogP contribution in [0.1, 0.15) is 46.9 Å². The Morgan fingerprint density at radius 2 is 1.42 bits per heavy atom. The minimum atomic E-state index is -0.0188. The lowest BCUT2D eigenvalue weighted by atomic mass is 10.0. The molecule has 1 unspecified atom stereocenters. The molecular formula is C21H28N2O. The van der Waals surface area contributed by atoms with Gasteiger partial charge in [0.2, 0.25) is 0 Å². The van der Waals surface area contributed by atoms with E-state index in [2.05, 4.69) is 48.3 Å². The van der Waals surface area contributed by atoms with Gasteiger partial charge >= 0.3 is 0 Å². The van der Waals surface area contributed by atoms with Gasteiger partial charge < -0.3 is 10.2 Å². The first-order valence-corrected chi connectivity index (χ1v) is 8.67. The van der Waals surface area contributed by atoms with Gasteiger partial charge in [-0.1, -0.05) is 50.2 Å². The molecule has 0 radical (unpaired) electrons. The van der Waals surface area contributed by atoms with Crippen LogP contribution in [0.15, 0.2) is 48.5 Å². The highest BCUT2D eigenvalue weighted by atomic mass is 16.1. The van der Waals surface area contributed by atoms with Gasteiger partial charge in [0.05, 0.1) is 6.04 Å². The molecule has 0 aliphatic rings. The Kier molecular flexibility index (Phi) is 6.56. The zero-order valence-electron chi connectivity index (χ0n) is 15.2. The molecule has 1 atom stereocenters. The highest BCUT2D eigenvalue weighted by Gasteiger charge is 2.15. The molecule has 0 saturated carbocycles. The molecule has 2 aromatic carbocycles. The van der Waals surface area contributed by atoms with Gasteiger partial charge in [-0.2, -0.15) is 0 Å². The highest BCUT2D eigenvalue weighted by molar-refractivity contribution is 5.94. The minimum absolute atomic E-state index is 0.0188. The van der Waals surface area contributed by atoms with Crippen molar-refractivity contribution in [3.05, 3.63) is 70.8 Å². The van der Waals surface area contributed by atoms with Crippen molar-refractivity contribution in [3.8, 4) is 0 Å². The smallest absolute Gasteiger partial charge is 0.251 e. The van der Waals surface area contributed by atoms with Crippen LogP contribution in [0.4, 0.5) is 0 Å². The second kappa shape index (κ2) is 8.65. The van der Waals surface area contributed by atoms with Gasteiger partial charge in [-0.25, -0.2) is 0 Å². The van der Waals surface area contributed by atoms with Crippen LogP contribution in [0.25, 0.3) is 0 Å². The van der Waals surface area contributed by atoms with Gasteiger partial charge in [0.25, 0.3) is 5.91 Å². The average molecular weight is 324 g/mol. The fourth-order valence-electron chi connectivity index (χ4n) is 2.76. The molecule has 1 amide bonds. The summed E-state index contributed by atoms with van der Waals surface area (Å²) in [6.07, 6.45) is 2.02. The maximum atomic E-state index is 12.4. The molecular weight excluding hydrogens is 296 g/mol. The summed E-state index contributed by atoms with van der Waals surface area (Å²) in [6, 6.07) is 16.6. The van der Waals surface area contributed by atoms with Gasteiger partial charge in [-0.15, -0.1) is 0 Å². The fraction of sp³-hybridized carbons (Fsp3) is 0.381. The number of amides is 1. The number of hydrogen-bond donors (Lipinski definition) is 1. The first-order valence-electron chi connectivity index (χ1n) is 8.67. The number of benzene rings is 2. The lowest BCUT2D eigenvalue weighted by Crippen LogP contribution is -2.34. The Morgan fingerprint density at radius 3 is 1.88 bits per heavy atom. The van der Waals surface area contributed by atoms with Crippen molar-refractivity contribution >= 4 is 5.91 Å². The van der Waals surface area contributed by atoms with Crippen molar-refractivity contribution in [2.75, 3.05) is 20.6 Å². The molecule has 128 valence electrons. The molecule has 2 aromatic rings. The zero-order valence-corrected chi connectivity index (χ0v) is 15.2. The number of aryl methyl sites for hydroxylation is 2. The van der Waals surface area contributed by atoms with Crippen molar-refractivity contribution in [2.24, 2.45) is 0 Å². The van der Waals surface area contributed by atoms with E-state index in [9.17, 15) is 4.79 Å². The number of carbonyl (C=O) groups is 1. The standard InChI is InChI=1S/C21H28N2O/c1-5-16-7-11-18(12-8-16)20(23(3)4)15-22-21(24)19-13-9-17(6-2)10-14-19/h7-14,20H,5-6,15H2,1-4H3,(H,22,24). The summed E-state index contributed by atoms with van der Waals surface area (Å²) < 4.78 is 0. The summed E-state index contributed by atoms with van der Waals surface area (Å²) in [4.78, 5) is 14.5. The summed E-state index contributed by atoms with van der Waals surface area (Å²) in [5, 5.41) is 3.06. The van der Waals surface area contributed by atoms with E-state index in [1.165, 1.54) is 16.7 Å². The Labute approximate surface area is 145 Å². The Hall–Kier alpha value is -2.13. The number of likely N-dealkylation sites (N-methyl/N-ethyl adjacent to an activating group) is 1. The molecule has 0 saturated heterocycles. The first-order chi connectivity index (χ1) is 11.5. The molecule has 2 rings (SSSR count). The summed E-state index contributed by atoms with van der Waals surface area (Å²) in [6.45, 7) is 4.86. The number of nitrogens with one attached hydrogen (secondary N) is 1. The van der Waals surface area contributed by atoms with E-state index >= 15 is 0 Å². The van der Waals surface area contributed by atoms with E-state index in [0.717, 1.165) is 12.8 Å². The molecule has 0 bridgehead atoms. The monoisotopic (exact) mass is 324 g/mol. The average Bonchev–Trinajstić information content (AvgIpc) is 2.62. The molecule has 0 aliphatic heterocycles. The Bertz CT molecular complexity index is 645. The molecule has 0 heterocycles. The van der Waals surface area contributed by atoms with E-state index in [1.54, 1.807) is 0 Å². The van der Waals surface area contributed by atoms with Crippen LogP contribution in [-0.4, -0.2) is 31.4 Å². The van der Waals surface area contributed by atoms with Crippen LogP contribution in [-0.2, 0) is 12.8 Å². The van der Waals surface area contributed by atoms with Gasteiger partial charge in [0.15, 0.2) is 0 Å². The second-order valence-electron chi connectivity index (χ2n) is 6.34. The van der Waals surface area contributed by atoms with Gasteiger partial charge in [-0.3, -0.25) is 4.79 Å². The predicted molar refractivity (Wildman–Crippen MR) is 100 cm³/mol. The van der Waals surface area contributed by atoms with Crippen LogP contribution in [0.2, 0.25) is 0 Å². The quantitative estimate of drug-likeness (QED) is 0.839. The lowest BCUT2D eigenvalue weighted by molar-refractivity contribution is 0.0942. The van der Waals surface area contributed by atoms with Crippen molar-refractivity contribution in [1.29, 1.82) is 0 Å². The van der Waals surface area contributed by atoms with Gasteiger partial charge in [0, 0.05) is 12.1 Å². The van der Waals surface area contributed by atoms with E-state index in [-0.39, 0.29) is 11.9 Å². The molecule has 0 aromatic heterocycles. The molecule has 3 nitrogen and oxygen atoms in total. The summed E-state index contributed by atoms with van der Waals surface area (Å²) in [7, 11) is 4.08. The van der Waals surface area contributed by atoms with Crippen molar-refractivity contribution in [1.82, 2.24) is 10.2 Å². The molecule has 3 heteroatoms. The van der Waals surface area contributed by atoms with E-state index in [4.69, 9.17) is 0 Å². The van der Waals surface area contributed by atoms with Gasteiger partial charge in [0.1, 0.15) is 0 Å². The second-order valence-corrected chi connectivity index (χ2v) is 6.34. The molecule has 0 aliphatic carbocycles. The van der Waals surface area contributed by atoms with Crippen LogP contribution in [0.3, 0.4) is 0 Å². The maximum absolute atomic E-state index is 12.4. The van der Waals surface area contributed by atoms with E-state index < -0.39 is 0 Å². The summed E-state index contributed by atoms with van der Waals surface area (Å²) in [5.74, 6) is -0.0188. The Morgan fingerprint density at radius 1 is 0.917 bits per heavy atom. The number of carbonyl (C=O) groups excluding carboxylic acids is 1. The topological polar surface area (TPSA) is 32.3 Å². The third kappa shape index (κ3) is 4.68. The van der Waals surface area contributed by atoms with Crippen LogP contribution < -0.4 is 5.32 Å². The summed E-state index contributed by atoms with van der Waals surface area (Å²) >= 11 is 0. The fourth-order valence-corrected chi connectivity index (χ4v) is 2.76. The number of hydrogen-bond acceptors (Lipinski definition) is 2. The van der Waals surface area contributed by atoms with Crippen LogP contribution in [0, 0.1) is 0 Å². The van der Waals surface area contributed by atoms with Crippen LogP contribution >= 0.6 is 0 Å². The zero-order chi connectivity index (χ0) is 17.5. The van der Waals surface area contributed by atoms with Crippen molar-refractivity contribution < 1.29 is 4.79 Å². The SMILES string of the molecule is CCc1ccc(C(=O)NCC(c2ccc(CC)cc2)N(C)C)cc1. The van der Waals surface area contributed by atoms with Crippen LogP contribution in [0.5, 0.6) is 0 Å². The van der Waals surface area contributed by atoms with E-state index in [0.29, 0.717) is 12.1 Å². The lowest BCUT2D eigenvalue weighted by Gasteiger charge is -2.25. The molecule has 1 N–H and O–H groups in total. The molecule has 0 fully saturated rings. The largest absolute Gasteiger partial charge is 0.350 e. The molecule has 24 heavy (non-hydrogen) atoms. The number of nitrogens with zero attached hydrogens (tertiary/aromatic N) is 1. The highest BCUT2D eigenvalue weighted by Crippen LogP contribution is 2.18.